The molecule has 1 unspecified atom stereocenters. The fourth-order valence-corrected chi connectivity index (χ4v) is 2.24. The summed E-state index contributed by atoms with van der Waals surface area (Å²) in [6.45, 7) is 8.15. The summed E-state index contributed by atoms with van der Waals surface area (Å²) in [6.07, 6.45) is 0.876. The Morgan fingerprint density at radius 2 is 2.20 bits per heavy atom. The third-order valence-corrected chi connectivity index (χ3v) is 3.65. The quantitative estimate of drug-likeness (QED) is 0.866. The van der Waals surface area contributed by atoms with Crippen molar-refractivity contribution in [3.8, 4) is 0 Å². The minimum Gasteiger partial charge on any atom is -0.378 e. The van der Waals surface area contributed by atoms with Gasteiger partial charge in [-0.15, -0.1) is 0 Å². The lowest BCUT2D eigenvalue weighted by Crippen LogP contribution is -2.39. The van der Waals surface area contributed by atoms with E-state index in [1.165, 1.54) is 0 Å². The van der Waals surface area contributed by atoms with Crippen LogP contribution in [0, 0.1) is 0 Å². The SMILES string of the molecule is COC1(CNc2cc(Cl)nc(C(C)(C)C)n2)CCOC1. The molecule has 2 rings (SSSR count). The topological polar surface area (TPSA) is 56.3 Å². The normalized spacial score (nSPS) is 23.1. The van der Waals surface area contributed by atoms with Crippen molar-refractivity contribution >= 4 is 17.4 Å². The Bertz CT molecular complexity index is 468. The van der Waals surface area contributed by atoms with Crippen LogP contribution in [-0.2, 0) is 14.9 Å². The van der Waals surface area contributed by atoms with Gasteiger partial charge in [0, 0.05) is 38.2 Å². The first-order valence-electron chi connectivity index (χ1n) is 6.76. The molecule has 20 heavy (non-hydrogen) atoms. The van der Waals surface area contributed by atoms with Crippen LogP contribution in [0.15, 0.2) is 6.07 Å². The molecule has 0 spiro atoms. The first-order chi connectivity index (χ1) is 9.35. The monoisotopic (exact) mass is 299 g/mol. The van der Waals surface area contributed by atoms with Crippen molar-refractivity contribution in [1.82, 2.24) is 9.97 Å². The van der Waals surface area contributed by atoms with Crippen molar-refractivity contribution in [2.24, 2.45) is 0 Å². The van der Waals surface area contributed by atoms with Gasteiger partial charge in [0.2, 0.25) is 0 Å². The van der Waals surface area contributed by atoms with Crippen LogP contribution in [0.4, 0.5) is 5.82 Å². The lowest BCUT2D eigenvalue weighted by Gasteiger charge is -2.26. The summed E-state index contributed by atoms with van der Waals surface area (Å²) >= 11 is 6.07. The smallest absolute Gasteiger partial charge is 0.137 e. The van der Waals surface area contributed by atoms with Crippen molar-refractivity contribution < 1.29 is 9.47 Å². The van der Waals surface area contributed by atoms with E-state index < -0.39 is 0 Å². The number of methoxy groups -OCH3 is 1. The average Bonchev–Trinajstić information content (AvgIpc) is 2.84. The fourth-order valence-electron chi connectivity index (χ4n) is 2.06. The van der Waals surface area contributed by atoms with Crippen molar-refractivity contribution in [2.75, 3.05) is 32.2 Å². The Hall–Kier alpha value is -0.910. The predicted octanol–water partition coefficient (Wildman–Crippen LogP) is 2.64. The van der Waals surface area contributed by atoms with Crippen molar-refractivity contribution in [3.05, 3.63) is 17.0 Å². The molecule has 0 radical (unpaired) electrons. The minimum atomic E-state index is -0.278. The maximum Gasteiger partial charge on any atom is 0.137 e. The molecule has 1 aliphatic heterocycles. The zero-order valence-electron chi connectivity index (χ0n) is 12.5. The largest absolute Gasteiger partial charge is 0.378 e. The van der Waals surface area contributed by atoms with Crippen LogP contribution in [0.3, 0.4) is 0 Å². The van der Waals surface area contributed by atoms with Gasteiger partial charge in [-0.1, -0.05) is 32.4 Å². The van der Waals surface area contributed by atoms with Gasteiger partial charge in [0.05, 0.1) is 6.61 Å². The first kappa shape index (κ1) is 15.5. The van der Waals surface area contributed by atoms with Crippen LogP contribution >= 0.6 is 11.6 Å². The lowest BCUT2D eigenvalue weighted by atomic mass is 9.96. The van der Waals surface area contributed by atoms with Crippen molar-refractivity contribution in [3.63, 3.8) is 0 Å². The summed E-state index contributed by atoms with van der Waals surface area (Å²) in [5.41, 5.74) is -0.421. The molecule has 1 atom stereocenters. The highest BCUT2D eigenvalue weighted by Gasteiger charge is 2.34. The molecular weight excluding hydrogens is 278 g/mol. The molecule has 5 nitrogen and oxygen atoms in total. The number of hydrogen-bond donors (Lipinski definition) is 1. The molecule has 0 aromatic carbocycles. The molecular formula is C14H22ClN3O2. The number of aromatic nitrogens is 2. The number of rotatable bonds is 4. The summed E-state index contributed by atoms with van der Waals surface area (Å²) in [4.78, 5) is 8.81. The number of nitrogens with zero attached hydrogens (tertiary/aromatic N) is 2. The summed E-state index contributed by atoms with van der Waals surface area (Å²) in [5.74, 6) is 1.44. The molecule has 0 bridgehead atoms. The van der Waals surface area contributed by atoms with E-state index in [9.17, 15) is 0 Å². The fraction of sp³-hybridized carbons (Fsp3) is 0.714. The second-order valence-corrected chi connectivity index (χ2v) is 6.58. The number of anilines is 1. The van der Waals surface area contributed by atoms with Gasteiger partial charge in [-0.25, -0.2) is 9.97 Å². The highest BCUT2D eigenvalue weighted by atomic mass is 35.5. The van der Waals surface area contributed by atoms with Crippen molar-refractivity contribution in [1.29, 1.82) is 0 Å². The zero-order chi connectivity index (χ0) is 14.8. The van der Waals surface area contributed by atoms with Gasteiger partial charge < -0.3 is 14.8 Å². The zero-order valence-corrected chi connectivity index (χ0v) is 13.3. The van der Waals surface area contributed by atoms with Crippen LogP contribution in [0.2, 0.25) is 5.15 Å². The van der Waals surface area contributed by atoms with Gasteiger partial charge in [-0.05, 0) is 0 Å². The average molecular weight is 300 g/mol. The summed E-state index contributed by atoms with van der Waals surface area (Å²) in [7, 11) is 1.71. The van der Waals surface area contributed by atoms with E-state index in [1.54, 1.807) is 13.2 Å². The Balaban J connectivity index is 2.11. The van der Waals surface area contributed by atoms with Crippen LogP contribution in [-0.4, -0.2) is 42.4 Å². The summed E-state index contributed by atoms with van der Waals surface area (Å²) in [5, 5.41) is 3.74. The first-order valence-corrected chi connectivity index (χ1v) is 7.14. The van der Waals surface area contributed by atoms with Crippen LogP contribution in [0.1, 0.15) is 33.0 Å². The Morgan fingerprint density at radius 1 is 1.45 bits per heavy atom. The number of nitrogens with one attached hydrogen (secondary N) is 1. The number of ether oxygens (including phenoxy) is 2. The highest BCUT2D eigenvalue weighted by molar-refractivity contribution is 6.29. The molecule has 1 aliphatic rings. The molecule has 6 heteroatoms. The second kappa shape index (κ2) is 5.84. The molecule has 1 aromatic heterocycles. The standard InChI is InChI=1S/C14H22ClN3O2/c1-13(2,3)12-17-10(15)7-11(18-12)16-8-14(19-4)5-6-20-9-14/h7H,5-6,8-9H2,1-4H3,(H,16,17,18). The van der Waals surface area contributed by atoms with Crippen LogP contribution in [0.25, 0.3) is 0 Å². The minimum absolute atomic E-state index is 0.142. The van der Waals surface area contributed by atoms with Crippen LogP contribution in [0.5, 0.6) is 0 Å². The Morgan fingerprint density at radius 3 is 2.75 bits per heavy atom. The molecule has 2 heterocycles. The van der Waals surface area contributed by atoms with E-state index in [1.807, 2.05) is 0 Å². The van der Waals surface area contributed by atoms with Gasteiger partial charge in [0.25, 0.3) is 0 Å². The summed E-state index contributed by atoms with van der Waals surface area (Å²) < 4.78 is 11.0. The number of hydrogen-bond acceptors (Lipinski definition) is 5. The molecule has 0 saturated carbocycles. The van der Waals surface area contributed by atoms with Gasteiger partial charge in [-0.3, -0.25) is 0 Å². The molecule has 1 aromatic rings. The second-order valence-electron chi connectivity index (χ2n) is 6.19. The van der Waals surface area contributed by atoms with Gasteiger partial charge in [0.15, 0.2) is 0 Å². The molecule has 1 N–H and O–H groups in total. The van der Waals surface area contributed by atoms with E-state index in [2.05, 4.69) is 36.1 Å². The van der Waals surface area contributed by atoms with Crippen molar-refractivity contribution in [2.45, 2.75) is 38.2 Å². The molecule has 0 amide bonds. The molecule has 0 aliphatic carbocycles. The predicted molar refractivity (Wildman–Crippen MR) is 79.4 cm³/mol. The lowest BCUT2D eigenvalue weighted by molar-refractivity contribution is -0.00625. The van der Waals surface area contributed by atoms with E-state index in [0.717, 1.165) is 24.7 Å². The number of halogens is 1. The highest BCUT2D eigenvalue weighted by Crippen LogP contribution is 2.25. The Kier molecular flexibility index (Phi) is 4.52. The van der Waals surface area contributed by atoms with E-state index in [0.29, 0.717) is 18.3 Å². The van der Waals surface area contributed by atoms with Crippen LogP contribution < -0.4 is 5.32 Å². The van der Waals surface area contributed by atoms with E-state index in [4.69, 9.17) is 21.1 Å². The maximum absolute atomic E-state index is 6.07. The third kappa shape index (κ3) is 3.59. The van der Waals surface area contributed by atoms with E-state index >= 15 is 0 Å². The van der Waals surface area contributed by atoms with Gasteiger partial charge in [0.1, 0.15) is 22.4 Å². The third-order valence-electron chi connectivity index (χ3n) is 3.46. The molecule has 112 valence electrons. The van der Waals surface area contributed by atoms with Gasteiger partial charge >= 0.3 is 0 Å². The maximum atomic E-state index is 6.07. The van der Waals surface area contributed by atoms with E-state index in [-0.39, 0.29) is 11.0 Å². The molecule has 1 saturated heterocycles. The summed E-state index contributed by atoms with van der Waals surface area (Å²) in [6, 6.07) is 1.73. The van der Waals surface area contributed by atoms with Gasteiger partial charge in [-0.2, -0.15) is 0 Å². The Labute approximate surface area is 125 Å². The molecule has 1 fully saturated rings.